The Balaban J connectivity index is 1.44. The van der Waals surface area contributed by atoms with E-state index >= 15 is 0 Å². The molecule has 1 aromatic carbocycles. The SMILES string of the molecule is CC1C[C@@H]1C1CN2C(=O)c3c(O)c(=O)c(C(=O)N[C@@H](c4ccc(F)cc4F)C(F)F)cn3C[C@H]2O1. The number of benzene rings is 1. The van der Waals surface area contributed by atoms with E-state index in [9.17, 15) is 37.1 Å². The third-order valence-electron chi connectivity index (χ3n) is 6.86. The summed E-state index contributed by atoms with van der Waals surface area (Å²) < 4.78 is 61.7. The van der Waals surface area contributed by atoms with E-state index in [0.29, 0.717) is 24.4 Å². The van der Waals surface area contributed by atoms with Crippen molar-refractivity contribution >= 4 is 11.8 Å². The quantitative estimate of drug-likeness (QED) is 0.621. The predicted octanol–water partition coefficient (Wildman–Crippen LogP) is 2.41. The maximum Gasteiger partial charge on any atom is 0.276 e. The van der Waals surface area contributed by atoms with Crippen LogP contribution in [0.3, 0.4) is 0 Å². The monoisotopic (exact) mass is 495 g/mol. The molecule has 2 fully saturated rings. The topological polar surface area (TPSA) is 101 Å². The molecule has 35 heavy (non-hydrogen) atoms. The molecule has 5 rings (SSSR count). The summed E-state index contributed by atoms with van der Waals surface area (Å²) in [5.41, 5.74) is -2.96. The van der Waals surface area contributed by atoms with Gasteiger partial charge in [0.1, 0.15) is 23.2 Å². The second kappa shape index (κ2) is 8.36. The molecule has 8 nitrogen and oxygen atoms in total. The van der Waals surface area contributed by atoms with Crippen molar-refractivity contribution in [2.75, 3.05) is 6.54 Å². The maximum absolute atomic E-state index is 14.1. The van der Waals surface area contributed by atoms with Crippen LogP contribution in [-0.2, 0) is 11.3 Å². The Morgan fingerprint density at radius 3 is 2.57 bits per heavy atom. The highest BCUT2D eigenvalue weighted by Gasteiger charge is 2.50. The zero-order valence-electron chi connectivity index (χ0n) is 18.4. The van der Waals surface area contributed by atoms with Gasteiger partial charge in [-0.15, -0.1) is 0 Å². The van der Waals surface area contributed by atoms with Gasteiger partial charge >= 0.3 is 0 Å². The average molecular weight is 495 g/mol. The first-order chi connectivity index (χ1) is 16.6. The lowest BCUT2D eigenvalue weighted by molar-refractivity contribution is -0.0210. The molecule has 1 saturated heterocycles. The molecule has 0 radical (unpaired) electrons. The summed E-state index contributed by atoms with van der Waals surface area (Å²) in [5.74, 6) is -4.47. The molecule has 2 unspecified atom stereocenters. The van der Waals surface area contributed by atoms with E-state index in [1.165, 1.54) is 9.47 Å². The zero-order valence-corrected chi connectivity index (χ0v) is 18.4. The van der Waals surface area contributed by atoms with Crippen LogP contribution in [-0.4, -0.2) is 51.7 Å². The molecule has 0 bridgehead atoms. The minimum Gasteiger partial charge on any atom is -0.503 e. The van der Waals surface area contributed by atoms with E-state index in [0.717, 1.165) is 24.8 Å². The second-order valence-corrected chi connectivity index (χ2v) is 9.14. The Hall–Kier alpha value is -3.41. The number of halogens is 4. The number of pyridine rings is 1. The molecule has 1 saturated carbocycles. The number of amides is 2. The lowest BCUT2D eigenvalue weighted by atomic mass is 10.1. The molecule has 5 atom stereocenters. The summed E-state index contributed by atoms with van der Waals surface area (Å²) in [6.45, 7) is 2.40. The van der Waals surface area contributed by atoms with Crippen LogP contribution in [0, 0.1) is 23.5 Å². The minimum absolute atomic E-state index is 0.0116. The van der Waals surface area contributed by atoms with Crippen molar-refractivity contribution in [1.29, 1.82) is 0 Å². The lowest BCUT2D eigenvalue weighted by Crippen LogP contribution is -2.46. The maximum atomic E-state index is 14.1. The van der Waals surface area contributed by atoms with Crippen molar-refractivity contribution in [3.8, 4) is 5.75 Å². The number of rotatable bonds is 5. The molecule has 3 heterocycles. The van der Waals surface area contributed by atoms with Gasteiger partial charge in [-0.1, -0.05) is 13.0 Å². The number of hydrogen-bond donors (Lipinski definition) is 2. The van der Waals surface area contributed by atoms with Gasteiger partial charge in [-0.05, 0) is 24.3 Å². The van der Waals surface area contributed by atoms with Crippen molar-refractivity contribution in [2.45, 2.75) is 44.7 Å². The summed E-state index contributed by atoms with van der Waals surface area (Å²) in [7, 11) is 0. The summed E-state index contributed by atoms with van der Waals surface area (Å²) in [6.07, 6.45) is -2.19. The van der Waals surface area contributed by atoms with Gasteiger partial charge < -0.3 is 24.6 Å². The van der Waals surface area contributed by atoms with Gasteiger partial charge in [0.25, 0.3) is 18.2 Å². The molecular formula is C23H21F4N3O5. The van der Waals surface area contributed by atoms with Crippen molar-refractivity contribution in [1.82, 2.24) is 14.8 Å². The number of carbonyl (C=O) groups excluding carboxylic acids is 2. The third kappa shape index (κ3) is 3.95. The highest BCUT2D eigenvalue weighted by atomic mass is 19.3. The van der Waals surface area contributed by atoms with Crippen molar-refractivity contribution in [2.24, 2.45) is 11.8 Å². The van der Waals surface area contributed by atoms with Gasteiger partial charge in [-0.2, -0.15) is 0 Å². The number of nitrogens with one attached hydrogen (secondary N) is 1. The summed E-state index contributed by atoms with van der Waals surface area (Å²) in [6, 6.07) is -0.276. The standard InChI is InChI=1S/C23H21F4N3O5/c1-9-4-12(9)15-7-30-16(35-15)8-29-6-13(19(31)20(32)18(29)23(30)34)22(33)28-17(21(26)27)11-3-2-10(24)5-14(11)25/h2-3,5-6,9,12,15-17,21,32H,4,7-8H2,1H3,(H,28,33)/t9?,12-,15?,16+,17-/m0/s1. The van der Waals surface area contributed by atoms with Crippen LogP contribution in [0.5, 0.6) is 5.75 Å². The average Bonchev–Trinajstić information content (AvgIpc) is 3.36. The fourth-order valence-corrected chi connectivity index (χ4v) is 4.82. The van der Waals surface area contributed by atoms with Crippen LogP contribution < -0.4 is 10.7 Å². The molecule has 2 N–H and O–H groups in total. The number of aromatic hydroxyl groups is 1. The van der Waals surface area contributed by atoms with Crippen LogP contribution in [0.4, 0.5) is 17.6 Å². The Kier molecular flexibility index (Phi) is 5.58. The first-order valence-corrected chi connectivity index (χ1v) is 11.0. The van der Waals surface area contributed by atoms with Crippen molar-refractivity contribution in [3.05, 3.63) is 63.1 Å². The number of nitrogens with zero attached hydrogens (tertiary/aromatic N) is 2. The van der Waals surface area contributed by atoms with Gasteiger partial charge in [0, 0.05) is 17.8 Å². The Bertz CT molecular complexity index is 1280. The van der Waals surface area contributed by atoms with E-state index in [-0.39, 0.29) is 18.3 Å². The molecule has 2 amide bonds. The van der Waals surface area contributed by atoms with E-state index in [1.54, 1.807) is 0 Å². The summed E-state index contributed by atoms with van der Waals surface area (Å²) >= 11 is 0. The number of ether oxygens (including phenoxy) is 1. The smallest absolute Gasteiger partial charge is 0.276 e. The Labute approximate surface area is 196 Å². The number of carbonyl (C=O) groups is 2. The summed E-state index contributed by atoms with van der Waals surface area (Å²) in [4.78, 5) is 39.9. The summed E-state index contributed by atoms with van der Waals surface area (Å²) in [5, 5.41) is 12.4. The number of alkyl halides is 2. The number of hydrogen-bond acceptors (Lipinski definition) is 5. The van der Waals surface area contributed by atoms with Crippen molar-refractivity contribution < 1.29 is 37.0 Å². The molecule has 12 heteroatoms. The number of fused-ring (bicyclic) bond motifs is 2. The fraction of sp³-hybridized carbons (Fsp3) is 0.435. The Morgan fingerprint density at radius 1 is 1.23 bits per heavy atom. The van der Waals surface area contributed by atoms with E-state index in [4.69, 9.17) is 4.74 Å². The largest absolute Gasteiger partial charge is 0.503 e. The number of aromatic nitrogens is 1. The van der Waals surface area contributed by atoms with Crippen LogP contribution in [0.2, 0.25) is 0 Å². The van der Waals surface area contributed by atoms with Gasteiger partial charge in [0.15, 0.2) is 17.7 Å². The van der Waals surface area contributed by atoms with Crippen molar-refractivity contribution in [3.63, 3.8) is 0 Å². The second-order valence-electron chi connectivity index (χ2n) is 9.14. The van der Waals surface area contributed by atoms with Gasteiger partial charge in [-0.3, -0.25) is 14.4 Å². The van der Waals surface area contributed by atoms with Crippen LogP contribution >= 0.6 is 0 Å². The molecule has 1 aliphatic carbocycles. The van der Waals surface area contributed by atoms with Crippen LogP contribution in [0.15, 0.2) is 29.2 Å². The Morgan fingerprint density at radius 2 is 1.94 bits per heavy atom. The molecular weight excluding hydrogens is 474 g/mol. The first kappa shape index (κ1) is 23.3. The highest BCUT2D eigenvalue weighted by molar-refractivity contribution is 5.99. The third-order valence-corrected chi connectivity index (χ3v) is 6.86. The van der Waals surface area contributed by atoms with Gasteiger partial charge in [-0.25, -0.2) is 17.6 Å². The van der Waals surface area contributed by atoms with Gasteiger partial charge in [0.2, 0.25) is 5.43 Å². The highest BCUT2D eigenvalue weighted by Crippen LogP contribution is 2.45. The first-order valence-electron chi connectivity index (χ1n) is 11.0. The van der Waals surface area contributed by atoms with E-state index in [2.05, 4.69) is 6.92 Å². The molecule has 2 aliphatic heterocycles. The van der Waals surface area contributed by atoms with Crippen LogP contribution in [0.1, 0.15) is 45.8 Å². The molecule has 3 aliphatic rings. The van der Waals surface area contributed by atoms with Gasteiger partial charge in [0.05, 0.1) is 19.2 Å². The predicted molar refractivity (Wildman–Crippen MR) is 112 cm³/mol. The fourth-order valence-electron chi connectivity index (χ4n) is 4.82. The molecule has 1 aromatic heterocycles. The van der Waals surface area contributed by atoms with Crippen LogP contribution in [0.25, 0.3) is 0 Å². The lowest BCUT2D eigenvalue weighted by Gasteiger charge is -2.31. The molecule has 2 aromatic rings. The molecule has 0 spiro atoms. The normalized spacial score (nSPS) is 25.9. The zero-order chi connectivity index (χ0) is 25.2. The minimum atomic E-state index is -3.29. The van der Waals surface area contributed by atoms with E-state index in [1.807, 2.05) is 5.32 Å². The molecule has 186 valence electrons. The van der Waals surface area contributed by atoms with E-state index < -0.39 is 64.4 Å².